The summed E-state index contributed by atoms with van der Waals surface area (Å²) < 4.78 is 38.3. The molecule has 122 valence electrons. The average molecular weight is 313 g/mol. The summed E-state index contributed by atoms with van der Waals surface area (Å²) in [7, 11) is 0. The van der Waals surface area contributed by atoms with Crippen molar-refractivity contribution in [2.24, 2.45) is 0 Å². The second-order valence-corrected chi connectivity index (χ2v) is 6.21. The van der Waals surface area contributed by atoms with Crippen molar-refractivity contribution in [2.75, 3.05) is 31.1 Å². The quantitative estimate of drug-likeness (QED) is 0.832. The second kappa shape index (κ2) is 6.44. The third-order valence-electron chi connectivity index (χ3n) is 4.77. The Morgan fingerprint density at radius 1 is 1.00 bits per heavy atom. The van der Waals surface area contributed by atoms with E-state index in [0.717, 1.165) is 25.9 Å². The number of aromatic nitrogens is 1. The lowest BCUT2D eigenvalue weighted by atomic mass is 9.99. The number of pyridine rings is 1. The monoisotopic (exact) mass is 313 g/mol. The molecule has 2 aliphatic heterocycles. The van der Waals surface area contributed by atoms with Crippen molar-refractivity contribution in [1.82, 2.24) is 9.88 Å². The molecule has 2 fully saturated rings. The van der Waals surface area contributed by atoms with Crippen molar-refractivity contribution in [3.05, 3.63) is 24.0 Å². The van der Waals surface area contributed by atoms with Gasteiger partial charge in [-0.05, 0) is 50.9 Å². The van der Waals surface area contributed by atoms with Crippen LogP contribution in [0.5, 0.6) is 0 Å². The van der Waals surface area contributed by atoms with Crippen LogP contribution in [0.4, 0.5) is 18.9 Å². The minimum absolute atomic E-state index is 0.598. The summed E-state index contributed by atoms with van der Waals surface area (Å²) in [6.45, 7) is 4.00. The highest BCUT2D eigenvalue weighted by Crippen LogP contribution is 2.31. The maximum atomic E-state index is 12.8. The number of halogens is 3. The van der Waals surface area contributed by atoms with Gasteiger partial charge in [-0.15, -0.1) is 0 Å². The fraction of sp³-hybridized carbons (Fsp3) is 0.688. The molecule has 6 heteroatoms. The molecule has 0 unspecified atom stereocenters. The van der Waals surface area contributed by atoms with Crippen LogP contribution in [0.1, 0.15) is 37.8 Å². The molecule has 0 bridgehead atoms. The van der Waals surface area contributed by atoms with Crippen LogP contribution < -0.4 is 4.90 Å². The van der Waals surface area contributed by atoms with E-state index in [-0.39, 0.29) is 0 Å². The lowest BCUT2D eigenvalue weighted by Crippen LogP contribution is -2.46. The minimum atomic E-state index is -4.37. The zero-order valence-corrected chi connectivity index (χ0v) is 12.6. The smallest absolute Gasteiger partial charge is 0.371 e. The Kier molecular flexibility index (Phi) is 4.57. The van der Waals surface area contributed by atoms with Gasteiger partial charge in [0, 0.05) is 31.0 Å². The molecule has 0 aromatic carbocycles. The maximum absolute atomic E-state index is 12.8. The van der Waals surface area contributed by atoms with Crippen LogP contribution in [-0.2, 0) is 6.18 Å². The molecule has 22 heavy (non-hydrogen) atoms. The van der Waals surface area contributed by atoms with Gasteiger partial charge in [0.25, 0.3) is 0 Å². The topological polar surface area (TPSA) is 19.4 Å². The third kappa shape index (κ3) is 3.54. The van der Waals surface area contributed by atoms with Crippen LogP contribution in [0.3, 0.4) is 0 Å². The van der Waals surface area contributed by atoms with E-state index >= 15 is 0 Å². The SMILES string of the molecule is FC(F)(F)c1cc(N2CCC(N3CCCCC3)CC2)ccn1. The van der Waals surface area contributed by atoms with Crippen molar-refractivity contribution < 1.29 is 13.2 Å². The fourth-order valence-electron chi connectivity index (χ4n) is 3.54. The van der Waals surface area contributed by atoms with E-state index in [1.807, 2.05) is 0 Å². The molecule has 2 aliphatic rings. The Morgan fingerprint density at radius 3 is 2.32 bits per heavy atom. The standard InChI is InChI=1S/C16H22F3N3/c17-16(18,19)15-12-14(4-7-20-15)22-10-5-13(6-11-22)21-8-2-1-3-9-21/h4,7,12-13H,1-3,5-6,8-11H2. The number of piperidine rings is 2. The molecule has 1 aromatic heterocycles. The van der Waals surface area contributed by atoms with Crippen LogP contribution >= 0.6 is 0 Å². The Bertz CT molecular complexity index is 490. The molecule has 0 aliphatic carbocycles. The Morgan fingerprint density at radius 2 is 1.68 bits per heavy atom. The van der Waals surface area contributed by atoms with Gasteiger partial charge in [-0.25, -0.2) is 0 Å². The van der Waals surface area contributed by atoms with E-state index < -0.39 is 11.9 Å². The summed E-state index contributed by atoms with van der Waals surface area (Å²) in [5, 5.41) is 0. The normalized spacial score (nSPS) is 22.0. The highest BCUT2D eigenvalue weighted by Gasteiger charge is 2.33. The van der Waals surface area contributed by atoms with E-state index in [2.05, 4.69) is 14.8 Å². The lowest BCUT2D eigenvalue weighted by molar-refractivity contribution is -0.141. The third-order valence-corrected chi connectivity index (χ3v) is 4.77. The number of anilines is 1. The molecule has 3 rings (SSSR count). The van der Waals surface area contributed by atoms with Crippen LogP contribution in [0, 0.1) is 0 Å². The number of hydrogen-bond acceptors (Lipinski definition) is 3. The molecule has 3 heterocycles. The fourth-order valence-corrected chi connectivity index (χ4v) is 3.54. The van der Waals surface area contributed by atoms with E-state index in [9.17, 15) is 13.2 Å². The molecule has 0 saturated carbocycles. The van der Waals surface area contributed by atoms with Crippen LogP contribution in [-0.4, -0.2) is 42.1 Å². The van der Waals surface area contributed by atoms with Gasteiger partial charge in [0.15, 0.2) is 0 Å². The second-order valence-electron chi connectivity index (χ2n) is 6.21. The van der Waals surface area contributed by atoms with Gasteiger partial charge in [-0.2, -0.15) is 13.2 Å². The first-order chi connectivity index (χ1) is 10.5. The minimum Gasteiger partial charge on any atom is -0.371 e. The zero-order chi connectivity index (χ0) is 15.6. The Hall–Kier alpha value is -1.30. The summed E-state index contributed by atoms with van der Waals surface area (Å²) in [4.78, 5) is 8.05. The molecule has 0 amide bonds. The van der Waals surface area contributed by atoms with Gasteiger partial charge in [0.05, 0.1) is 0 Å². The number of hydrogen-bond donors (Lipinski definition) is 0. The maximum Gasteiger partial charge on any atom is 0.433 e. The van der Waals surface area contributed by atoms with Crippen LogP contribution in [0.15, 0.2) is 18.3 Å². The number of alkyl halides is 3. The van der Waals surface area contributed by atoms with E-state index in [0.29, 0.717) is 11.7 Å². The van der Waals surface area contributed by atoms with E-state index in [1.54, 1.807) is 6.07 Å². The zero-order valence-electron chi connectivity index (χ0n) is 12.6. The first kappa shape index (κ1) is 15.6. The van der Waals surface area contributed by atoms with Crippen LogP contribution in [0.25, 0.3) is 0 Å². The molecule has 0 atom stereocenters. The molecular formula is C16H22F3N3. The van der Waals surface area contributed by atoms with Gasteiger partial charge in [-0.1, -0.05) is 6.42 Å². The van der Waals surface area contributed by atoms with Gasteiger partial charge in [0.1, 0.15) is 5.69 Å². The van der Waals surface area contributed by atoms with Gasteiger partial charge >= 0.3 is 6.18 Å². The summed E-state index contributed by atoms with van der Waals surface area (Å²) in [5.41, 5.74) is -0.164. The van der Waals surface area contributed by atoms with E-state index in [1.165, 1.54) is 44.6 Å². The summed E-state index contributed by atoms with van der Waals surface area (Å²) in [6.07, 6.45) is 2.83. The molecular weight excluding hydrogens is 291 g/mol. The van der Waals surface area contributed by atoms with Crippen molar-refractivity contribution in [3.8, 4) is 0 Å². The predicted molar refractivity (Wildman–Crippen MR) is 79.9 cm³/mol. The largest absolute Gasteiger partial charge is 0.433 e. The average Bonchev–Trinajstić information content (AvgIpc) is 2.55. The van der Waals surface area contributed by atoms with Gasteiger partial charge < -0.3 is 9.80 Å². The van der Waals surface area contributed by atoms with E-state index in [4.69, 9.17) is 0 Å². The molecule has 1 aromatic rings. The number of rotatable bonds is 2. The first-order valence-electron chi connectivity index (χ1n) is 8.06. The van der Waals surface area contributed by atoms with Crippen molar-refractivity contribution in [2.45, 2.75) is 44.3 Å². The molecule has 0 N–H and O–H groups in total. The lowest BCUT2D eigenvalue weighted by Gasteiger charge is -2.41. The molecule has 3 nitrogen and oxygen atoms in total. The summed E-state index contributed by atoms with van der Waals surface area (Å²) >= 11 is 0. The highest BCUT2D eigenvalue weighted by molar-refractivity contribution is 5.47. The number of likely N-dealkylation sites (tertiary alicyclic amines) is 1. The highest BCUT2D eigenvalue weighted by atomic mass is 19.4. The predicted octanol–water partition coefficient (Wildman–Crippen LogP) is 3.56. The summed E-state index contributed by atoms with van der Waals surface area (Å²) in [6, 6.07) is 3.44. The van der Waals surface area contributed by atoms with Gasteiger partial charge in [0.2, 0.25) is 0 Å². The first-order valence-corrected chi connectivity index (χ1v) is 8.06. The van der Waals surface area contributed by atoms with Crippen molar-refractivity contribution >= 4 is 5.69 Å². The molecule has 2 saturated heterocycles. The Balaban J connectivity index is 1.61. The Labute approximate surface area is 129 Å². The van der Waals surface area contributed by atoms with Crippen LogP contribution in [0.2, 0.25) is 0 Å². The summed E-state index contributed by atoms with van der Waals surface area (Å²) in [5.74, 6) is 0. The van der Waals surface area contributed by atoms with Gasteiger partial charge in [-0.3, -0.25) is 4.98 Å². The molecule has 0 radical (unpaired) electrons. The van der Waals surface area contributed by atoms with Crippen molar-refractivity contribution in [3.63, 3.8) is 0 Å². The molecule has 0 spiro atoms. The van der Waals surface area contributed by atoms with Crippen molar-refractivity contribution in [1.29, 1.82) is 0 Å². The number of nitrogens with zero attached hydrogens (tertiary/aromatic N) is 3.